The number of hydrogen-bond acceptors (Lipinski definition) is 2. The zero-order chi connectivity index (χ0) is 10.4. The van der Waals surface area contributed by atoms with Crippen molar-refractivity contribution in [2.75, 3.05) is 13.6 Å². The van der Waals surface area contributed by atoms with Gasteiger partial charge in [-0.2, -0.15) is 0 Å². The topological polar surface area (TPSA) is 29.1 Å². The average Bonchev–Trinajstić information content (AvgIpc) is 2.17. The molecule has 0 radical (unpaired) electrons. The van der Waals surface area contributed by atoms with Gasteiger partial charge >= 0.3 is 0 Å². The third-order valence-corrected chi connectivity index (χ3v) is 1.98. The molecule has 0 saturated carbocycles. The summed E-state index contributed by atoms with van der Waals surface area (Å²) < 4.78 is 12.5. The number of benzene rings is 1. The van der Waals surface area contributed by atoms with E-state index in [0.29, 0.717) is 19.4 Å². The summed E-state index contributed by atoms with van der Waals surface area (Å²) in [4.78, 5) is 11.1. The lowest BCUT2D eigenvalue weighted by molar-refractivity contribution is -0.118. The highest BCUT2D eigenvalue weighted by atomic mass is 19.1. The van der Waals surface area contributed by atoms with Gasteiger partial charge in [-0.1, -0.05) is 12.1 Å². The Balaban J connectivity index is 2.38. The first-order valence-electron chi connectivity index (χ1n) is 4.63. The van der Waals surface area contributed by atoms with E-state index in [4.69, 9.17) is 0 Å². The SMILES string of the molecule is CNCC(=O)CCc1ccc(F)cc1. The molecule has 0 atom stereocenters. The Hall–Kier alpha value is -1.22. The van der Waals surface area contributed by atoms with Crippen LogP contribution < -0.4 is 5.32 Å². The summed E-state index contributed by atoms with van der Waals surface area (Å²) >= 11 is 0. The summed E-state index contributed by atoms with van der Waals surface area (Å²) in [5, 5.41) is 2.80. The fourth-order valence-corrected chi connectivity index (χ4v) is 1.22. The van der Waals surface area contributed by atoms with Crippen molar-refractivity contribution < 1.29 is 9.18 Å². The zero-order valence-electron chi connectivity index (χ0n) is 8.22. The van der Waals surface area contributed by atoms with Crippen LogP contribution in [0.15, 0.2) is 24.3 Å². The number of carbonyl (C=O) groups is 1. The number of nitrogens with one attached hydrogen (secondary N) is 1. The molecule has 1 aromatic carbocycles. The van der Waals surface area contributed by atoms with Crippen LogP contribution in [0.2, 0.25) is 0 Å². The van der Waals surface area contributed by atoms with Crippen molar-refractivity contribution in [3.05, 3.63) is 35.6 Å². The fraction of sp³-hybridized carbons (Fsp3) is 0.364. The van der Waals surface area contributed by atoms with E-state index in [1.54, 1.807) is 19.2 Å². The number of likely N-dealkylation sites (N-methyl/N-ethyl adjacent to an activating group) is 1. The molecule has 14 heavy (non-hydrogen) atoms. The molecular weight excluding hydrogens is 181 g/mol. The third-order valence-electron chi connectivity index (χ3n) is 1.98. The molecule has 2 nitrogen and oxygen atoms in total. The predicted molar refractivity (Wildman–Crippen MR) is 53.7 cm³/mol. The van der Waals surface area contributed by atoms with E-state index in [-0.39, 0.29) is 11.6 Å². The molecule has 0 aromatic heterocycles. The second-order valence-electron chi connectivity index (χ2n) is 3.20. The van der Waals surface area contributed by atoms with E-state index in [9.17, 15) is 9.18 Å². The van der Waals surface area contributed by atoms with E-state index < -0.39 is 0 Å². The number of rotatable bonds is 5. The lowest BCUT2D eigenvalue weighted by atomic mass is 10.1. The van der Waals surface area contributed by atoms with Gasteiger partial charge in [0, 0.05) is 6.42 Å². The molecule has 0 aliphatic carbocycles. The maximum Gasteiger partial charge on any atom is 0.146 e. The van der Waals surface area contributed by atoms with Gasteiger partial charge in [-0.25, -0.2) is 4.39 Å². The van der Waals surface area contributed by atoms with Crippen LogP contribution in [0.25, 0.3) is 0 Å². The minimum atomic E-state index is -0.240. The average molecular weight is 195 g/mol. The van der Waals surface area contributed by atoms with Crippen LogP contribution in [-0.4, -0.2) is 19.4 Å². The number of halogens is 1. The zero-order valence-corrected chi connectivity index (χ0v) is 8.22. The molecular formula is C11H14FNO. The van der Waals surface area contributed by atoms with Gasteiger partial charge in [0.25, 0.3) is 0 Å². The van der Waals surface area contributed by atoms with Crippen molar-refractivity contribution >= 4 is 5.78 Å². The molecule has 0 unspecified atom stereocenters. The van der Waals surface area contributed by atoms with Crippen molar-refractivity contribution in [3.63, 3.8) is 0 Å². The van der Waals surface area contributed by atoms with E-state index >= 15 is 0 Å². The van der Waals surface area contributed by atoms with Gasteiger partial charge in [-0.3, -0.25) is 4.79 Å². The van der Waals surface area contributed by atoms with Crippen LogP contribution in [0.3, 0.4) is 0 Å². The van der Waals surface area contributed by atoms with Gasteiger partial charge in [-0.15, -0.1) is 0 Å². The predicted octanol–water partition coefficient (Wildman–Crippen LogP) is 1.55. The van der Waals surface area contributed by atoms with Gasteiger partial charge in [0.05, 0.1) is 6.54 Å². The van der Waals surface area contributed by atoms with E-state index in [1.807, 2.05) is 0 Å². The van der Waals surface area contributed by atoms with Crippen LogP contribution in [0.5, 0.6) is 0 Å². The highest BCUT2D eigenvalue weighted by Crippen LogP contribution is 2.05. The van der Waals surface area contributed by atoms with Crippen LogP contribution in [0, 0.1) is 5.82 Å². The van der Waals surface area contributed by atoms with Gasteiger partial charge < -0.3 is 5.32 Å². The first-order valence-corrected chi connectivity index (χ1v) is 4.63. The Labute approximate surface area is 83.1 Å². The number of carbonyl (C=O) groups excluding carboxylic acids is 1. The maximum atomic E-state index is 12.5. The molecule has 0 heterocycles. The van der Waals surface area contributed by atoms with E-state index in [1.165, 1.54) is 12.1 Å². The molecule has 0 fully saturated rings. The molecule has 0 amide bonds. The highest BCUT2D eigenvalue weighted by Gasteiger charge is 2.00. The lowest BCUT2D eigenvalue weighted by Crippen LogP contribution is -2.18. The van der Waals surface area contributed by atoms with Crippen molar-refractivity contribution in [3.8, 4) is 0 Å². The second-order valence-corrected chi connectivity index (χ2v) is 3.20. The summed E-state index contributed by atoms with van der Waals surface area (Å²) in [5.41, 5.74) is 0.996. The number of aryl methyl sites for hydroxylation is 1. The normalized spacial score (nSPS) is 10.1. The molecule has 76 valence electrons. The van der Waals surface area contributed by atoms with Crippen molar-refractivity contribution in [2.45, 2.75) is 12.8 Å². The fourth-order valence-electron chi connectivity index (χ4n) is 1.22. The number of hydrogen-bond donors (Lipinski definition) is 1. The number of ketones is 1. The van der Waals surface area contributed by atoms with E-state index in [2.05, 4.69) is 5.32 Å². The Morgan fingerprint density at radius 3 is 2.57 bits per heavy atom. The van der Waals surface area contributed by atoms with Gasteiger partial charge in [0.2, 0.25) is 0 Å². The summed E-state index contributed by atoms with van der Waals surface area (Å²) in [6, 6.07) is 6.25. The van der Waals surface area contributed by atoms with Crippen molar-refractivity contribution in [1.29, 1.82) is 0 Å². The summed E-state index contributed by atoms with van der Waals surface area (Å²) in [6.45, 7) is 0.404. The molecule has 0 saturated heterocycles. The van der Waals surface area contributed by atoms with Crippen molar-refractivity contribution in [1.82, 2.24) is 5.32 Å². The Kier molecular flexibility index (Phi) is 4.26. The third kappa shape index (κ3) is 3.66. The molecule has 1 rings (SSSR count). The van der Waals surface area contributed by atoms with Crippen LogP contribution in [0.4, 0.5) is 4.39 Å². The van der Waals surface area contributed by atoms with E-state index in [0.717, 1.165) is 5.56 Å². The molecule has 0 spiro atoms. The second kappa shape index (κ2) is 5.50. The van der Waals surface area contributed by atoms with Crippen LogP contribution in [0.1, 0.15) is 12.0 Å². The smallest absolute Gasteiger partial charge is 0.146 e. The number of Topliss-reactive ketones (excluding diaryl/α,β-unsaturated/α-hetero) is 1. The Bertz CT molecular complexity index is 295. The molecule has 3 heteroatoms. The molecule has 0 bridgehead atoms. The first kappa shape index (κ1) is 10.9. The standard InChI is InChI=1S/C11H14FNO/c1-13-8-11(14)7-4-9-2-5-10(12)6-3-9/h2-3,5-6,13H,4,7-8H2,1H3. The maximum absolute atomic E-state index is 12.5. The summed E-state index contributed by atoms with van der Waals surface area (Å²) in [7, 11) is 1.75. The largest absolute Gasteiger partial charge is 0.313 e. The highest BCUT2D eigenvalue weighted by molar-refractivity contribution is 5.80. The first-order chi connectivity index (χ1) is 6.72. The summed E-state index contributed by atoms with van der Waals surface area (Å²) in [6.07, 6.45) is 1.19. The molecule has 0 aliphatic heterocycles. The molecule has 0 aliphatic rings. The van der Waals surface area contributed by atoms with Gasteiger partial charge in [-0.05, 0) is 31.2 Å². The molecule has 1 aromatic rings. The Morgan fingerprint density at radius 2 is 2.00 bits per heavy atom. The van der Waals surface area contributed by atoms with Crippen LogP contribution in [-0.2, 0) is 11.2 Å². The lowest BCUT2D eigenvalue weighted by Gasteiger charge is -2.00. The summed E-state index contributed by atoms with van der Waals surface area (Å²) in [5.74, 6) is -0.0628. The van der Waals surface area contributed by atoms with Gasteiger partial charge in [0.15, 0.2) is 0 Å². The van der Waals surface area contributed by atoms with Crippen LogP contribution >= 0.6 is 0 Å². The monoisotopic (exact) mass is 195 g/mol. The van der Waals surface area contributed by atoms with Crippen molar-refractivity contribution in [2.24, 2.45) is 0 Å². The minimum absolute atomic E-state index is 0.178. The molecule has 1 N–H and O–H groups in total. The minimum Gasteiger partial charge on any atom is -0.313 e. The Morgan fingerprint density at radius 1 is 1.36 bits per heavy atom. The quantitative estimate of drug-likeness (QED) is 0.772. The van der Waals surface area contributed by atoms with Gasteiger partial charge in [0.1, 0.15) is 11.6 Å².